The summed E-state index contributed by atoms with van der Waals surface area (Å²) in [6.07, 6.45) is 3.14. The van der Waals surface area contributed by atoms with Crippen molar-refractivity contribution in [1.29, 1.82) is 0 Å². The topological polar surface area (TPSA) is 56.7 Å². The number of unbranched alkanes of at least 4 members (excludes halogenated alkanes) is 1. The van der Waals surface area contributed by atoms with Crippen LogP contribution >= 0.6 is 24.0 Å². The van der Waals surface area contributed by atoms with E-state index in [-0.39, 0.29) is 36.4 Å². The largest absolute Gasteiger partial charge is 0.356 e. The number of carbonyl (C=O) groups is 1. The summed E-state index contributed by atoms with van der Waals surface area (Å²) in [4.78, 5) is 17.5. The normalized spacial score (nSPS) is 10.7. The quantitative estimate of drug-likeness (QED) is 0.287. The van der Waals surface area contributed by atoms with Crippen molar-refractivity contribution in [3.8, 4) is 0 Å². The lowest BCUT2D eigenvalue weighted by Crippen LogP contribution is -2.40. The standard InChI is InChI=1S/C17H28N4O.HI/c1-4-5-12-18-17(20-14-16(22)21(2)3)19-13-11-15-9-7-6-8-10-15;/h6-10H,4-5,11-14H2,1-3H3,(H2,18,19,20);1H. The summed E-state index contributed by atoms with van der Waals surface area (Å²) in [5, 5.41) is 6.56. The molecule has 0 fully saturated rings. The fraction of sp³-hybridized carbons (Fsp3) is 0.529. The zero-order valence-electron chi connectivity index (χ0n) is 14.3. The molecule has 2 N–H and O–H groups in total. The Labute approximate surface area is 157 Å². The van der Waals surface area contributed by atoms with Gasteiger partial charge in [0.15, 0.2) is 5.96 Å². The number of benzene rings is 1. The lowest BCUT2D eigenvalue weighted by atomic mass is 10.1. The first-order valence-electron chi connectivity index (χ1n) is 7.89. The molecule has 0 aromatic heterocycles. The van der Waals surface area contributed by atoms with E-state index < -0.39 is 0 Å². The van der Waals surface area contributed by atoms with Crippen LogP contribution in [0.4, 0.5) is 0 Å². The summed E-state index contributed by atoms with van der Waals surface area (Å²) in [5.74, 6) is 0.708. The Kier molecular flexibility index (Phi) is 12.4. The molecular weight excluding hydrogens is 403 g/mol. The maximum absolute atomic E-state index is 11.6. The molecule has 0 heterocycles. The fourth-order valence-corrected chi connectivity index (χ4v) is 1.82. The van der Waals surface area contributed by atoms with Crippen molar-refractivity contribution in [3.05, 3.63) is 35.9 Å². The predicted molar refractivity (Wildman–Crippen MR) is 107 cm³/mol. The molecule has 0 unspecified atom stereocenters. The fourth-order valence-electron chi connectivity index (χ4n) is 1.82. The molecule has 0 spiro atoms. The van der Waals surface area contributed by atoms with Crippen molar-refractivity contribution >= 4 is 35.8 Å². The van der Waals surface area contributed by atoms with Crippen LogP contribution in [-0.2, 0) is 11.2 Å². The van der Waals surface area contributed by atoms with Crippen molar-refractivity contribution in [1.82, 2.24) is 15.5 Å². The average molecular weight is 432 g/mol. The molecule has 0 atom stereocenters. The molecule has 23 heavy (non-hydrogen) atoms. The molecule has 1 rings (SSSR count). The van der Waals surface area contributed by atoms with Crippen molar-refractivity contribution in [2.75, 3.05) is 33.7 Å². The molecule has 1 amide bonds. The Morgan fingerprint density at radius 3 is 2.39 bits per heavy atom. The smallest absolute Gasteiger partial charge is 0.243 e. The molecular formula is C17H29IN4O. The van der Waals surface area contributed by atoms with Gasteiger partial charge < -0.3 is 15.5 Å². The molecule has 0 saturated carbocycles. The van der Waals surface area contributed by atoms with E-state index in [4.69, 9.17) is 0 Å². The molecule has 1 aromatic rings. The molecule has 1 aromatic carbocycles. The molecule has 0 radical (unpaired) electrons. The molecule has 0 bridgehead atoms. The Hall–Kier alpha value is -1.31. The van der Waals surface area contributed by atoms with E-state index in [0.717, 1.165) is 32.4 Å². The van der Waals surface area contributed by atoms with Crippen LogP contribution in [0.1, 0.15) is 25.3 Å². The van der Waals surface area contributed by atoms with Crippen LogP contribution in [0.15, 0.2) is 35.3 Å². The maximum Gasteiger partial charge on any atom is 0.243 e. The molecule has 130 valence electrons. The van der Waals surface area contributed by atoms with Gasteiger partial charge in [-0.15, -0.1) is 24.0 Å². The zero-order valence-corrected chi connectivity index (χ0v) is 16.7. The van der Waals surface area contributed by atoms with Crippen molar-refractivity contribution in [2.24, 2.45) is 4.99 Å². The highest BCUT2D eigenvalue weighted by molar-refractivity contribution is 14.0. The Bertz CT molecular complexity index is 463. The summed E-state index contributed by atoms with van der Waals surface area (Å²) >= 11 is 0. The molecule has 0 aliphatic heterocycles. The summed E-state index contributed by atoms with van der Waals surface area (Å²) < 4.78 is 0. The van der Waals surface area contributed by atoms with Gasteiger partial charge in [0.05, 0.1) is 0 Å². The average Bonchev–Trinajstić information content (AvgIpc) is 2.52. The third-order valence-electron chi connectivity index (χ3n) is 3.24. The van der Waals surface area contributed by atoms with Crippen LogP contribution in [0, 0.1) is 0 Å². The van der Waals surface area contributed by atoms with E-state index in [1.165, 1.54) is 5.56 Å². The second-order valence-corrected chi connectivity index (χ2v) is 5.40. The van der Waals surface area contributed by atoms with E-state index in [1.807, 2.05) is 18.2 Å². The summed E-state index contributed by atoms with van der Waals surface area (Å²) in [7, 11) is 3.48. The van der Waals surface area contributed by atoms with Gasteiger partial charge in [0.1, 0.15) is 6.54 Å². The van der Waals surface area contributed by atoms with E-state index in [2.05, 4.69) is 34.7 Å². The number of nitrogens with one attached hydrogen (secondary N) is 2. The second kappa shape index (κ2) is 13.2. The minimum absolute atomic E-state index is 0. The number of rotatable bonds is 8. The van der Waals surface area contributed by atoms with Gasteiger partial charge in [0, 0.05) is 27.2 Å². The Morgan fingerprint density at radius 1 is 1.13 bits per heavy atom. The zero-order chi connectivity index (χ0) is 16.2. The lowest BCUT2D eigenvalue weighted by Gasteiger charge is -2.13. The third-order valence-corrected chi connectivity index (χ3v) is 3.24. The van der Waals surface area contributed by atoms with E-state index in [9.17, 15) is 4.79 Å². The van der Waals surface area contributed by atoms with Crippen LogP contribution in [0.25, 0.3) is 0 Å². The highest BCUT2D eigenvalue weighted by atomic mass is 127. The van der Waals surface area contributed by atoms with Crippen LogP contribution in [-0.4, -0.2) is 50.5 Å². The van der Waals surface area contributed by atoms with Gasteiger partial charge in [-0.05, 0) is 18.4 Å². The number of aliphatic imine (C=N–C) groups is 1. The van der Waals surface area contributed by atoms with E-state index in [0.29, 0.717) is 5.96 Å². The van der Waals surface area contributed by atoms with E-state index >= 15 is 0 Å². The first kappa shape index (κ1) is 21.7. The minimum Gasteiger partial charge on any atom is -0.356 e. The molecule has 0 saturated heterocycles. The lowest BCUT2D eigenvalue weighted by molar-refractivity contribution is -0.127. The number of likely N-dealkylation sites (N-methyl/N-ethyl adjacent to an activating group) is 1. The van der Waals surface area contributed by atoms with Gasteiger partial charge in [-0.25, -0.2) is 4.99 Å². The molecule has 6 heteroatoms. The first-order valence-corrected chi connectivity index (χ1v) is 7.89. The Balaban J connectivity index is 0.00000484. The summed E-state index contributed by atoms with van der Waals surface area (Å²) in [5.41, 5.74) is 1.28. The van der Waals surface area contributed by atoms with Gasteiger partial charge in [0.2, 0.25) is 5.91 Å². The van der Waals surface area contributed by atoms with Gasteiger partial charge in [-0.3, -0.25) is 4.79 Å². The number of halogens is 1. The van der Waals surface area contributed by atoms with E-state index in [1.54, 1.807) is 19.0 Å². The summed E-state index contributed by atoms with van der Waals surface area (Å²) in [6, 6.07) is 10.3. The number of guanidine groups is 1. The van der Waals surface area contributed by atoms with Crippen LogP contribution < -0.4 is 10.6 Å². The Morgan fingerprint density at radius 2 is 1.78 bits per heavy atom. The number of amides is 1. The van der Waals surface area contributed by atoms with Gasteiger partial charge >= 0.3 is 0 Å². The number of carbonyl (C=O) groups excluding carboxylic acids is 1. The van der Waals surface area contributed by atoms with Crippen LogP contribution in [0.5, 0.6) is 0 Å². The highest BCUT2D eigenvalue weighted by Gasteiger charge is 2.04. The molecule has 0 aliphatic rings. The number of hydrogen-bond acceptors (Lipinski definition) is 2. The van der Waals surface area contributed by atoms with Crippen LogP contribution in [0.3, 0.4) is 0 Å². The molecule has 5 nitrogen and oxygen atoms in total. The molecule has 0 aliphatic carbocycles. The number of nitrogens with zero attached hydrogens (tertiary/aromatic N) is 2. The maximum atomic E-state index is 11.6. The SMILES string of the molecule is CCCCNC(=NCC(=O)N(C)C)NCCc1ccccc1.I. The first-order chi connectivity index (χ1) is 10.6. The van der Waals surface area contributed by atoms with Gasteiger partial charge in [0.25, 0.3) is 0 Å². The minimum atomic E-state index is -0.000323. The summed E-state index contributed by atoms with van der Waals surface area (Å²) in [6.45, 7) is 3.97. The predicted octanol–water partition coefficient (Wildman–Crippen LogP) is 2.27. The van der Waals surface area contributed by atoms with Gasteiger partial charge in [-0.1, -0.05) is 43.7 Å². The van der Waals surface area contributed by atoms with Crippen molar-refractivity contribution in [2.45, 2.75) is 26.2 Å². The van der Waals surface area contributed by atoms with Crippen LogP contribution in [0.2, 0.25) is 0 Å². The van der Waals surface area contributed by atoms with Crippen molar-refractivity contribution < 1.29 is 4.79 Å². The monoisotopic (exact) mass is 432 g/mol. The highest BCUT2D eigenvalue weighted by Crippen LogP contribution is 1.98. The van der Waals surface area contributed by atoms with Crippen molar-refractivity contribution in [3.63, 3.8) is 0 Å². The van der Waals surface area contributed by atoms with Gasteiger partial charge in [-0.2, -0.15) is 0 Å². The third kappa shape index (κ3) is 10.1. The number of hydrogen-bond donors (Lipinski definition) is 2. The second-order valence-electron chi connectivity index (χ2n) is 5.40.